The van der Waals surface area contributed by atoms with Crippen molar-refractivity contribution in [3.63, 3.8) is 0 Å². The van der Waals surface area contributed by atoms with Gasteiger partial charge in [-0.15, -0.1) is 24.0 Å². The van der Waals surface area contributed by atoms with E-state index in [4.69, 9.17) is 4.99 Å². The molecule has 160 valence electrons. The lowest BCUT2D eigenvalue weighted by atomic mass is 10.0. The van der Waals surface area contributed by atoms with Crippen LogP contribution < -0.4 is 10.6 Å². The first-order valence-corrected chi connectivity index (χ1v) is 10.8. The lowest BCUT2D eigenvalue weighted by molar-refractivity contribution is 0.197. The van der Waals surface area contributed by atoms with Gasteiger partial charge in [0, 0.05) is 42.2 Å². The lowest BCUT2D eigenvalue weighted by Gasteiger charge is -2.34. The third kappa shape index (κ3) is 8.55. The molecule has 0 amide bonds. The van der Waals surface area contributed by atoms with Gasteiger partial charge in [0.1, 0.15) is 0 Å². The standard InChI is InChI=1S/C21H36BrN5.HI/c1-6-23-20(24-16-21(2,3)26(4)5)25-19-11-13-27(14-12-19)15-17-7-9-18(22)10-8-17;/h7-10,19H,6,11-16H2,1-5H3,(H2,23,24,25);1H. The van der Waals surface area contributed by atoms with Gasteiger partial charge in [0.25, 0.3) is 0 Å². The van der Waals surface area contributed by atoms with E-state index in [0.717, 1.165) is 56.0 Å². The number of likely N-dealkylation sites (N-methyl/N-ethyl adjacent to an activating group) is 1. The van der Waals surface area contributed by atoms with Crippen LogP contribution in [0.15, 0.2) is 33.7 Å². The Hall–Kier alpha value is -0.380. The van der Waals surface area contributed by atoms with Crippen molar-refractivity contribution in [2.75, 3.05) is 40.3 Å². The van der Waals surface area contributed by atoms with E-state index in [1.807, 2.05) is 0 Å². The van der Waals surface area contributed by atoms with Crippen LogP contribution in [0.1, 0.15) is 39.2 Å². The van der Waals surface area contributed by atoms with E-state index in [2.05, 4.69) is 95.5 Å². The van der Waals surface area contributed by atoms with Crippen LogP contribution in [-0.2, 0) is 6.54 Å². The smallest absolute Gasteiger partial charge is 0.191 e. The Bertz CT molecular complexity index is 595. The first kappa shape index (κ1) is 25.7. The highest BCUT2D eigenvalue weighted by Crippen LogP contribution is 2.16. The molecule has 2 N–H and O–H groups in total. The summed E-state index contributed by atoms with van der Waals surface area (Å²) in [6.45, 7) is 11.5. The van der Waals surface area contributed by atoms with Gasteiger partial charge in [-0.3, -0.25) is 9.89 Å². The lowest BCUT2D eigenvalue weighted by Crippen LogP contribution is -2.49. The molecule has 2 rings (SSSR count). The Labute approximate surface area is 196 Å². The predicted octanol–water partition coefficient (Wildman–Crippen LogP) is 3.93. The molecule has 1 aliphatic heterocycles. The van der Waals surface area contributed by atoms with Gasteiger partial charge in [-0.05, 0) is 65.4 Å². The number of hydrogen-bond donors (Lipinski definition) is 2. The van der Waals surface area contributed by atoms with Crippen molar-refractivity contribution in [2.24, 2.45) is 4.99 Å². The molecule has 1 heterocycles. The number of nitrogens with one attached hydrogen (secondary N) is 2. The van der Waals surface area contributed by atoms with Crippen LogP contribution in [0.25, 0.3) is 0 Å². The molecule has 5 nitrogen and oxygen atoms in total. The third-order valence-corrected chi connectivity index (χ3v) is 5.96. The maximum Gasteiger partial charge on any atom is 0.191 e. The summed E-state index contributed by atoms with van der Waals surface area (Å²) in [5.74, 6) is 0.943. The fraction of sp³-hybridized carbons (Fsp3) is 0.667. The minimum Gasteiger partial charge on any atom is -0.357 e. The van der Waals surface area contributed by atoms with E-state index in [0.29, 0.717) is 6.04 Å². The first-order valence-electron chi connectivity index (χ1n) is 9.99. The summed E-state index contributed by atoms with van der Waals surface area (Å²) < 4.78 is 1.14. The van der Waals surface area contributed by atoms with Crippen molar-refractivity contribution in [2.45, 2.75) is 51.7 Å². The zero-order valence-corrected chi connectivity index (χ0v) is 21.9. The van der Waals surface area contributed by atoms with Gasteiger partial charge in [0.2, 0.25) is 0 Å². The van der Waals surface area contributed by atoms with E-state index < -0.39 is 0 Å². The van der Waals surface area contributed by atoms with Crippen LogP contribution in [0.2, 0.25) is 0 Å². The van der Waals surface area contributed by atoms with Crippen molar-refractivity contribution in [1.82, 2.24) is 20.4 Å². The monoisotopic (exact) mass is 565 g/mol. The van der Waals surface area contributed by atoms with Crippen molar-refractivity contribution >= 4 is 45.9 Å². The molecule has 0 atom stereocenters. The molecular formula is C21H37BrIN5. The van der Waals surface area contributed by atoms with Gasteiger partial charge < -0.3 is 15.5 Å². The van der Waals surface area contributed by atoms with Gasteiger partial charge in [-0.2, -0.15) is 0 Å². The van der Waals surface area contributed by atoms with Crippen LogP contribution in [0.5, 0.6) is 0 Å². The first-order chi connectivity index (χ1) is 12.8. The van der Waals surface area contributed by atoms with Crippen LogP contribution in [0, 0.1) is 0 Å². The number of nitrogens with zero attached hydrogens (tertiary/aromatic N) is 3. The van der Waals surface area contributed by atoms with Crippen molar-refractivity contribution in [3.8, 4) is 0 Å². The van der Waals surface area contributed by atoms with Crippen LogP contribution in [-0.4, -0.2) is 67.6 Å². The Morgan fingerprint density at radius 1 is 1.21 bits per heavy atom. The third-order valence-electron chi connectivity index (χ3n) is 5.43. The van der Waals surface area contributed by atoms with Crippen molar-refractivity contribution in [3.05, 3.63) is 34.3 Å². The van der Waals surface area contributed by atoms with Crippen molar-refractivity contribution in [1.29, 1.82) is 0 Å². The molecule has 0 radical (unpaired) electrons. The van der Waals surface area contributed by atoms with Crippen LogP contribution >= 0.6 is 39.9 Å². The van der Waals surface area contributed by atoms with Gasteiger partial charge in [-0.25, -0.2) is 0 Å². The van der Waals surface area contributed by atoms with Crippen molar-refractivity contribution < 1.29 is 0 Å². The molecule has 1 fully saturated rings. The molecule has 0 aliphatic carbocycles. The fourth-order valence-corrected chi connectivity index (χ4v) is 3.28. The summed E-state index contributed by atoms with van der Waals surface area (Å²) in [5, 5.41) is 7.05. The average molecular weight is 566 g/mol. The molecule has 0 bridgehead atoms. The number of aliphatic imine (C=N–C) groups is 1. The summed E-state index contributed by atoms with van der Waals surface area (Å²) in [6.07, 6.45) is 2.30. The zero-order chi connectivity index (χ0) is 19.9. The predicted molar refractivity (Wildman–Crippen MR) is 135 cm³/mol. The quantitative estimate of drug-likeness (QED) is 0.299. The Morgan fingerprint density at radius 3 is 2.36 bits per heavy atom. The normalized spacial score (nSPS) is 16.8. The second-order valence-corrected chi connectivity index (χ2v) is 9.14. The summed E-state index contributed by atoms with van der Waals surface area (Å²) in [6, 6.07) is 9.15. The number of benzene rings is 1. The molecule has 1 aromatic carbocycles. The number of halogens is 2. The maximum absolute atomic E-state index is 4.83. The molecule has 1 saturated heterocycles. The number of rotatable bonds is 7. The van der Waals surface area contributed by atoms with Gasteiger partial charge >= 0.3 is 0 Å². The molecule has 28 heavy (non-hydrogen) atoms. The Morgan fingerprint density at radius 2 is 1.82 bits per heavy atom. The summed E-state index contributed by atoms with van der Waals surface area (Å²) in [7, 11) is 4.22. The fourth-order valence-electron chi connectivity index (χ4n) is 3.01. The Kier molecular flexibility index (Phi) is 11.3. The molecular weight excluding hydrogens is 529 g/mol. The van der Waals surface area contributed by atoms with E-state index in [9.17, 15) is 0 Å². The SMILES string of the molecule is CCNC(=NCC(C)(C)N(C)C)NC1CCN(Cc2ccc(Br)cc2)CC1.I. The highest BCUT2D eigenvalue weighted by Gasteiger charge is 2.22. The average Bonchev–Trinajstić information content (AvgIpc) is 2.63. The second-order valence-electron chi connectivity index (χ2n) is 8.22. The molecule has 0 spiro atoms. The van der Waals surface area contributed by atoms with Crippen LogP contribution in [0.4, 0.5) is 0 Å². The highest BCUT2D eigenvalue weighted by molar-refractivity contribution is 14.0. The maximum atomic E-state index is 4.83. The molecule has 1 aliphatic rings. The summed E-state index contributed by atoms with van der Waals surface area (Å²) in [4.78, 5) is 9.60. The highest BCUT2D eigenvalue weighted by atomic mass is 127. The molecule has 7 heteroatoms. The molecule has 0 unspecified atom stereocenters. The van der Waals surface area contributed by atoms with Gasteiger partial charge in [0.05, 0.1) is 6.54 Å². The Balaban J connectivity index is 0.00000392. The number of likely N-dealkylation sites (tertiary alicyclic amines) is 1. The number of piperidine rings is 1. The molecule has 1 aromatic rings. The van der Waals surface area contributed by atoms with Gasteiger partial charge in [-0.1, -0.05) is 28.1 Å². The van der Waals surface area contributed by atoms with Crippen LogP contribution in [0.3, 0.4) is 0 Å². The minimum absolute atomic E-state index is 0. The summed E-state index contributed by atoms with van der Waals surface area (Å²) in [5.41, 5.74) is 1.43. The molecule has 0 aromatic heterocycles. The van der Waals surface area contributed by atoms with E-state index in [-0.39, 0.29) is 29.5 Å². The van der Waals surface area contributed by atoms with E-state index >= 15 is 0 Å². The summed E-state index contributed by atoms with van der Waals surface area (Å²) >= 11 is 3.51. The van der Waals surface area contributed by atoms with E-state index in [1.165, 1.54) is 5.56 Å². The molecule has 0 saturated carbocycles. The zero-order valence-electron chi connectivity index (χ0n) is 18.0. The minimum atomic E-state index is 0. The number of hydrogen-bond acceptors (Lipinski definition) is 3. The number of guanidine groups is 1. The topological polar surface area (TPSA) is 42.9 Å². The van der Waals surface area contributed by atoms with E-state index in [1.54, 1.807) is 0 Å². The van der Waals surface area contributed by atoms with Gasteiger partial charge in [0.15, 0.2) is 5.96 Å². The second kappa shape index (κ2) is 12.3. The largest absolute Gasteiger partial charge is 0.357 e.